The second-order valence-corrected chi connectivity index (χ2v) is 7.72. The van der Waals surface area contributed by atoms with Gasteiger partial charge in [0.25, 0.3) is 5.91 Å². The van der Waals surface area contributed by atoms with Gasteiger partial charge in [0.2, 0.25) is 5.91 Å². The maximum absolute atomic E-state index is 12.5. The summed E-state index contributed by atoms with van der Waals surface area (Å²) in [6, 6.07) is -0.00654. The molecule has 2 aliphatic carbocycles. The predicted octanol–water partition coefficient (Wildman–Crippen LogP) is 2.33. The first-order valence-corrected chi connectivity index (χ1v) is 9.45. The highest BCUT2D eigenvalue weighted by Gasteiger charge is 2.52. The van der Waals surface area contributed by atoms with Gasteiger partial charge in [-0.25, -0.2) is 4.79 Å². The van der Waals surface area contributed by atoms with Gasteiger partial charge in [0.1, 0.15) is 5.54 Å². The molecule has 3 rings (SSSR count). The monoisotopic (exact) mass is 335 g/mol. The van der Waals surface area contributed by atoms with E-state index in [4.69, 9.17) is 0 Å². The van der Waals surface area contributed by atoms with E-state index in [1.807, 2.05) is 0 Å². The molecule has 3 aliphatic rings. The third-order valence-electron chi connectivity index (χ3n) is 5.95. The number of urea groups is 1. The number of carbonyl (C=O) groups excluding carboxylic acids is 3. The first-order valence-electron chi connectivity index (χ1n) is 9.45. The van der Waals surface area contributed by atoms with Crippen molar-refractivity contribution in [3.05, 3.63) is 0 Å². The molecule has 0 radical (unpaired) electrons. The Hall–Kier alpha value is -1.59. The van der Waals surface area contributed by atoms with Crippen molar-refractivity contribution in [2.75, 3.05) is 6.54 Å². The predicted molar refractivity (Wildman–Crippen MR) is 90.2 cm³/mol. The van der Waals surface area contributed by atoms with E-state index < -0.39 is 5.54 Å². The number of rotatable bonds is 5. The number of amides is 4. The van der Waals surface area contributed by atoms with Crippen molar-refractivity contribution < 1.29 is 14.4 Å². The van der Waals surface area contributed by atoms with Crippen LogP contribution in [0.1, 0.15) is 71.1 Å². The smallest absolute Gasteiger partial charge is 0.325 e. The summed E-state index contributed by atoms with van der Waals surface area (Å²) in [6.07, 6.45) is 9.03. The zero-order valence-electron chi connectivity index (χ0n) is 14.6. The van der Waals surface area contributed by atoms with E-state index in [1.165, 1.54) is 24.2 Å². The normalized spacial score (nSPS) is 29.1. The molecule has 134 valence electrons. The van der Waals surface area contributed by atoms with Crippen LogP contribution in [0.2, 0.25) is 0 Å². The van der Waals surface area contributed by atoms with Crippen molar-refractivity contribution in [3.63, 3.8) is 0 Å². The Morgan fingerprint density at radius 1 is 1.21 bits per heavy atom. The van der Waals surface area contributed by atoms with Crippen molar-refractivity contribution in [2.24, 2.45) is 5.92 Å². The fraction of sp³-hybridized carbons (Fsp3) is 0.833. The molecule has 3 fully saturated rings. The Bertz CT molecular complexity index is 514. The summed E-state index contributed by atoms with van der Waals surface area (Å²) in [5.74, 6) is 0.485. The van der Waals surface area contributed by atoms with E-state index in [0.29, 0.717) is 25.3 Å². The second-order valence-electron chi connectivity index (χ2n) is 7.72. The average Bonchev–Trinajstić information content (AvgIpc) is 3.10. The molecule has 1 spiro atoms. The van der Waals surface area contributed by atoms with E-state index in [-0.39, 0.29) is 23.9 Å². The van der Waals surface area contributed by atoms with Crippen LogP contribution in [0.5, 0.6) is 0 Å². The van der Waals surface area contributed by atoms with Gasteiger partial charge >= 0.3 is 6.03 Å². The molecule has 2 saturated carbocycles. The van der Waals surface area contributed by atoms with Gasteiger partial charge in [-0.3, -0.25) is 14.5 Å². The summed E-state index contributed by atoms with van der Waals surface area (Å²) in [7, 11) is 0. The number of hydrogen-bond donors (Lipinski definition) is 2. The zero-order valence-corrected chi connectivity index (χ0v) is 14.6. The van der Waals surface area contributed by atoms with E-state index in [0.717, 1.165) is 32.1 Å². The van der Waals surface area contributed by atoms with Gasteiger partial charge in [0.05, 0.1) is 0 Å². The molecule has 6 heteroatoms. The molecule has 0 unspecified atom stereocenters. The SMILES string of the molecule is C[C@@H]1CCCC[C@@H]1NC(=O)CCCN1C(=O)NC2(CCCC2)C1=O. The average molecular weight is 335 g/mol. The van der Waals surface area contributed by atoms with Gasteiger partial charge in [-0.05, 0) is 38.0 Å². The molecule has 0 bridgehead atoms. The number of nitrogens with one attached hydrogen (secondary N) is 2. The van der Waals surface area contributed by atoms with Gasteiger partial charge in [0.15, 0.2) is 0 Å². The lowest BCUT2D eigenvalue weighted by Crippen LogP contribution is -2.44. The molecule has 1 aliphatic heterocycles. The maximum Gasteiger partial charge on any atom is 0.325 e. The topological polar surface area (TPSA) is 78.5 Å². The Balaban J connectivity index is 1.43. The van der Waals surface area contributed by atoms with Crippen molar-refractivity contribution in [1.82, 2.24) is 15.5 Å². The Kier molecular flexibility index (Phi) is 5.11. The molecule has 0 aromatic heterocycles. The van der Waals surface area contributed by atoms with E-state index in [1.54, 1.807) is 0 Å². The van der Waals surface area contributed by atoms with E-state index in [2.05, 4.69) is 17.6 Å². The molecule has 1 heterocycles. The highest BCUT2D eigenvalue weighted by Crippen LogP contribution is 2.35. The largest absolute Gasteiger partial charge is 0.353 e. The van der Waals surface area contributed by atoms with Crippen molar-refractivity contribution in [3.8, 4) is 0 Å². The van der Waals surface area contributed by atoms with Gasteiger partial charge in [0, 0.05) is 19.0 Å². The molecule has 2 N–H and O–H groups in total. The molecular weight excluding hydrogens is 306 g/mol. The fourth-order valence-corrected chi connectivity index (χ4v) is 4.40. The molecule has 0 aromatic rings. The quantitative estimate of drug-likeness (QED) is 0.757. The number of hydrogen-bond acceptors (Lipinski definition) is 3. The van der Waals surface area contributed by atoms with Crippen LogP contribution in [-0.2, 0) is 9.59 Å². The lowest BCUT2D eigenvalue weighted by atomic mass is 9.86. The Labute approximate surface area is 143 Å². The summed E-state index contributed by atoms with van der Waals surface area (Å²) >= 11 is 0. The van der Waals surface area contributed by atoms with Crippen LogP contribution in [0, 0.1) is 5.92 Å². The highest BCUT2D eigenvalue weighted by atomic mass is 16.2. The lowest BCUT2D eigenvalue weighted by molar-refractivity contribution is -0.131. The summed E-state index contributed by atoms with van der Waals surface area (Å²) < 4.78 is 0. The summed E-state index contributed by atoms with van der Waals surface area (Å²) in [4.78, 5) is 38.0. The van der Waals surface area contributed by atoms with E-state index >= 15 is 0 Å². The van der Waals surface area contributed by atoms with Crippen molar-refractivity contribution in [1.29, 1.82) is 0 Å². The van der Waals surface area contributed by atoms with Crippen LogP contribution in [-0.4, -0.2) is 40.9 Å². The van der Waals surface area contributed by atoms with Gasteiger partial charge in [-0.2, -0.15) is 0 Å². The second kappa shape index (κ2) is 7.11. The lowest BCUT2D eigenvalue weighted by Gasteiger charge is -2.29. The maximum atomic E-state index is 12.5. The van der Waals surface area contributed by atoms with Crippen LogP contribution in [0.4, 0.5) is 4.79 Å². The van der Waals surface area contributed by atoms with Crippen LogP contribution in [0.15, 0.2) is 0 Å². The standard InChI is InChI=1S/C18H29N3O3/c1-13-7-2-3-8-14(13)19-15(22)9-6-12-21-16(23)18(20-17(21)24)10-4-5-11-18/h13-14H,2-12H2,1H3,(H,19,22)(H,20,24)/t13-,14+/m1/s1. The number of carbonyl (C=O) groups is 3. The van der Waals surface area contributed by atoms with Crippen molar-refractivity contribution >= 4 is 17.8 Å². The first-order chi connectivity index (χ1) is 11.5. The summed E-state index contributed by atoms with van der Waals surface area (Å²) in [6.45, 7) is 2.53. The van der Waals surface area contributed by atoms with Gasteiger partial charge in [-0.15, -0.1) is 0 Å². The van der Waals surface area contributed by atoms with Crippen molar-refractivity contribution in [2.45, 2.75) is 82.7 Å². The highest BCUT2D eigenvalue weighted by molar-refractivity contribution is 6.07. The third-order valence-corrected chi connectivity index (χ3v) is 5.95. The van der Waals surface area contributed by atoms with Crippen LogP contribution < -0.4 is 10.6 Å². The third kappa shape index (κ3) is 3.42. The van der Waals surface area contributed by atoms with Crippen LogP contribution >= 0.6 is 0 Å². The van der Waals surface area contributed by atoms with Gasteiger partial charge < -0.3 is 10.6 Å². The Morgan fingerprint density at radius 3 is 2.62 bits per heavy atom. The first kappa shape index (κ1) is 17.2. The summed E-state index contributed by atoms with van der Waals surface area (Å²) in [5.41, 5.74) is -0.642. The molecule has 6 nitrogen and oxygen atoms in total. The number of imide groups is 1. The van der Waals surface area contributed by atoms with Crippen LogP contribution in [0.3, 0.4) is 0 Å². The molecule has 24 heavy (non-hydrogen) atoms. The Morgan fingerprint density at radius 2 is 1.92 bits per heavy atom. The fourth-order valence-electron chi connectivity index (χ4n) is 4.40. The zero-order chi connectivity index (χ0) is 17.2. The van der Waals surface area contributed by atoms with Crippen LogP contribution in [0.25, 0.3) is 0 Å². The number of nitrogens with zero attached hydrogens (tertiary/aromatic N) is 1. The molecule has 4 amide bonds. The minimum absolute atomic E-state index is 0.0383. The minimum Gasteiger partial charge on any atom is -0.353 e. The molecular formula is C18H29N3O3. The molecule has 0 aromatic carbocycles. The summed E-state index contributed by atoms with van der Waals surface area (Å²) in [5, 5.41) is 6.00. The molecule has 2 atom stereocenters. The van der Waals surface area contributed by atoms with E-state index in [9.17, 15) is 14.4 Å². The minimum atomic E-state index is -0.642. The van der Waals surface area contributed by atoms with Gasteiger partial charge in [-0.1, -0.05) is 32.6 Å². The molecule has 1 saturated heterocycles.